The van der Waals surface area contributed by atoms with E-state index in [1.165, 1.54) is 0 Å². The molecule has 0 saturated carbocycles. The molecule has 0 fully saturated rings. The molecule has 1 heterocycles. The first-order chi connectivity index (χ1) is 9.99. The third kappa shape index (κ3) is 4.50. The fraction of sp³-hybridized carbons (Fsp3) is 0.0769. The van der Waals surface area contributed by atoms with Gasteiger partial charge in [-0.3, -0.25) is 0 Å². The molecular formula is C13H10Br3N3O2. The lowest BCUT2D eigenvalue weighted by Gasteiger charge is -2.13. The molecule has 3 N–H and O–H groups in total. The average Bonchev–Trinajstić information content (AvgIpc) is 2.37. The highest BCUT2D eigenvalue weighted by Gasteiger charge is 2.11. The van der Waals surface area contributed by atoms with Crippen molar-refractivity contribution < 1.29 is 9.90 Å². The summed E-state index contributed by atoms with van der Waals surface area (Å²) in [5, 5.41) is 14.8. The van der Waals surface area contributed by atoms with E-state index in [0.717, 1.165) is 4.47 Å². The van der Waals surface area contributed by atoms with Gasteiger partial charge in [0.1, 0.15) is 4.60 Å². The summed E-state index contributed by atoms with van der Waals surface area (Å²) in [6.45, 7) is -0.190. The fourth-order valence-corrected chi connectivity index (χ4v) is 3.36. The van der Waals surface area contributed by atoms with Crippen LogP contribution in [0.2, 0.25) is 0 Å². The van der Waals surface area contributed by atoms with Gasteiger partial charge in [-0.05, 0) is 40.2 Å². The summed E-state index contributed by atoms with van der Waals surface area (Å²) < 4.78 is 2.12. The van der Waals surface area contributed by atoms with Crippen LogP contribution in [0.4, 0.5) is 16.2 Å². The van der Waals surface area contributed by atoms with Crippen molar-refractivity contribution >= 4 is 65.2 Å². The summed E-state index contributed by atoms with van der Waals surface area (Å²) in [7, 11) is 0. The molecule has 1 aromatic heterocycles. The lowest BCUT2D eigenvalue weighted by molar-refractivity contribution is 0.262. The number of hydrogen-bond acceptors (Lipinski definition) is 3. The van der Waals surface area contributed by atoms with Crippen molar-refractivity contribution in [1.82, 2.24) is 4.98 Å². The Morgan fingerprint density at radius 1 is 1.19 bits per heavy atom. The second-order valence-corrected chi connectivity index (χ2v) is 6.60. The number of hydrogen-bond donors (Lipinski definition) is 3. The van der Waals surface area contributed by atoms with Crippen molar-refractivity contribution in [1.29, 1.82) is 0 Å². The van der Waals surface area contributed by atoms with Gasteiger partial charge in [0.05, 0.1) is 12.3 Å². The minimum absolute atomic E-state index is 0.190. The molecule has 5 nitrogen and oxygen atoms in total. The molecule has 2 amide bonds. The van der Waals surface area contributed by atoms with Crippen LogP contribution in [0.25, 0.3) is 0 Å². The van der Waals surface area contributed by atoms with Crippen LogP contribution in [0.15, 0.2) is 44.0 Å². The van der Waals surface area contributed by atoms with Gasteiger partial charge in [0, 0.05) is 26.4 Å². The molecule has 0 unspecified atom stereocenters. The van der Waals surface area contributed by atoms with Crippen molar-refractivity contribution in [2.24, 2.45) is 0 Å². The Morgan fingerprint density at radius 2 is 1.95 bits per heavy atom. The molecule has 110 valence electrons. The molecule has 1 aromatic carbocycles. The molecule has 0 saturated heterocycles. The Labute approximate surface area is 146 Å². The van der Waals surface area contributed by atoms with Crippen molar-refractivity contribution in [3.05, 3.63) is 49.6 Å². The number of carbonyl (C=O) groups excluding carboxylic acids is 1. The van der Waals surface area contributed by atoms with Crippen LogP contribution >= 0.6 is 47.8 Å². The number of nitrogens with zero attached hydrogens (tertiary/aromatic N) is 1. The number of aliphatic hydroxyl groups excluding tert-OH is 1. The van der Waals surface area contributed by atoms with E-state index in [0.29, 0.717) is 26.0 Å². The monoisotopic (exact) mass is 477 g/mol. The van der Waals surface area contributed by atoms with Crippen LogP contribution in [0.5, 0.6) is 0 Å². The first kappa shape index (κ1) is 16.4. The molecule has 2 aromatic rings. The maximum absolute atomic E-state index is 12.0. The van der Waals surface area contributed by atoms with E-state index in [1.54, 1.807) is 30.5 Å². The molecule has 0 bridgehead atoms. The number of amides is 2. The third-order valence-corrected chi connectivity index (χ3v) is 4.15. The van der Waals surface area contributed by atoms with E-state index in [9.17, 15) is 9.90 Å². The van der Waals surface area contributed by atoms with E-state index in [2.05, 4.69) is 63.4 Å². The van der Waals surface area contributed by atoms with Crippen LogP contribution < -0.4 is 10.6 Å². The predicted octanol–water partition coefficient (Wildman–Crippen LogP) is 4.51. The Bertz CT molecular complexity index is 680. The zero-order valence-electron chi connectivity index (χ0n) is 10.5. The second-order valence-electron chi connectivity index (χ2n) is 4.02. The normalized spacial score (nSPS) is 10.3. The van der Waals surface area contributed by atoms with Gasteiger partial charge in [-0.2, -0.15) is 0 Å². The molecule has 21 heavy (non-hydrogen) atoms. The van der Waals surface area contributed by atoms with Gasteiger partial charge < -0.3 is 15.7 Å². The summed E-state index contributed by atoms with van der Waals surface area (Å²) >= 11 is 9.93. The average molecular weight is 480 g/mol. The Kier molecular flexibility index (Phi) is 5.74. The predicted molar refractivity (Wildman–Crippen MR) is 92.3 cm³/mol. The number of rotatable bonds is 3. The van der Waals surface area contributed by atoms with Crippen molar-refractivity contribution in [2.45, 2.75) is 6.61 Å². The Balaban J connectivity index is 2.16. The number of halogens is 3. The highest BCUT2D eigenvalue weighted by molar-refractivity contribution is 9.11. The largest absolute Gasteiger partial charge is 0.392 e. The molecule has 8 heteroatoms. The summed E-state index contributed by atoms with van der Waals surface area (Å²) in [4.78, 5) is 16.0. The van der Waals surface area contributed by atoms with Gasteiger partial charge in [0.15, 0.2) is 0 Å². The molecule has 0 radical (unpaired) electrons. The molecule has 0 aliphatic heterocycles. The highest BCUT2D eigenvalue weighted by atomic mass is 79.9. The maximum Gasteiger partial charge on any atom is 0.323 e. The summed E-state index contributed by atoms with van der Waals surface area (Å²) in [6.07, 6.45) is 1.58. The van der Waals surface area contributed by atoms with Gasteiger partial charge in [0.25, 0.3) is 0 Å². The van der Waals surface area contributed by atoms with E-state index in [4.69, 9.17) is 0 Å². The van der Waals surface area contributed by atoms with Crippen LogP contribution in [0.1, 0.15) is 5.56 Å². The minimum Gasteiger partial charge on any atom is -0.392 e. The molecule has 0 aliphatic rings. The first-order valence-electron chi connectivity index (χ1n) is 5.78. The smallest absolute Gasteiger partial charge is 0.323 e. The zero-order valence-corrected chi connectivity index (χ0v) is 15.3. The van der Waals surface area contributed by atoms with E-state index in [-0.39, 0.29) is 6.61 Å². The number of pyridine rings is 1. The number of carbonyl (C=O) groups is 1. The summed E-state index contributed by atoms with van der Waals surface area (Å²) in [5.41, 5.74) is 1.72. The van der Waals surface area contributed by atoms with E-state index in [1.807, 2.05) is 0 Å². The number of urea groups is 1. The molecule has 0 spiro atoms. The van der Waals surface area contributed by atoms with Gasteiger partial charge in [-0.15, -0.1) is 0 Å². The van der Waals surface area contributed by atoms with Gasteiger partial charge in [-0.25, -0.2) is 9.78 Å². The number of aromatic nitrogens is 1. The SMILES string of the molecule is O=C(Nc1ccnc(Br)c1)Nc1cc(Br)cc(Br)c1CO. The molecular weight excluding hydrogens is 470 g/mol. The molecule has 2 rings (SSSR count). The highest BCUT2D eigenvalue weighted by Crippen LogP contribution is 2.30. The van der Waals surface area contributed by atoms with E-state index < -0.39 is 6.03 Å². The standard InChI is InChI=1S/C13H10Br3N3O2/c14-7-3-10(15)9(6-20)11(4-7)19-13(21)18-8-1-2-17-12(16)5-8/h1-5,20H,6H2,(H2,17,18,19,21). The fourth-order valence-electron chi connectivity index (χ4n) is 1.64. The van der Waals surface area contributed by atoms with Crippen LogP contribution in [-0.4, -0.2) is 16.1 Å². The quantitative estimate of drug-likeness (QED) is 0.567. The maximum atomic E-state index is 12.0. The van der Waals surface area contributed by atoms with Crippen LogP contribution in [0.3, 0.4) is 0 Å². The van der Waals surface area contributed by atoms with Gasteiger partial charge in [-0.1, -0.05) is 31.9 Å². The number of benzene rings is 1. The summed E-state index contributed by atoms with van der Waals surface area (Å²) in [6, 6.07) is 6.47. The van der Waals surface area contributed by atoms with Crippen LogP contribution in [0, 0.1) is 0 Å². The van der Waals surface area contributed by atoms with Crippen molar-refractivity contribution in [3.63, 3.8) is 0 Å². The Morgan fingerprint density at radius 3 is 2.62 bits per heavy atom. The second kappa shape index (κ2) is 7.35. The lowest BCUT2D eigenvalue weighted by atomic mass is 10.2. The number of anilines is 2. The summed E-state index contributed by atoms with van der Waals surface area (Å²) in [5.74, 6) is 0. The minimum atomic E-state index is -0.409. The van der Waals surface area contributed by atoms with E-state index >= 15 is 0 Å². The molecule has 0 aliphatic carbocycles. The number of aliphatic hydroxyl groups is 1. The van der Waals surface area contributed by atoms with Crippen molar-refractivity contribution in [3.8, 4) is 0 Å². The topological polar surface area (TPSA) is 74.2 Å². The van der Waals surface area contributed by atoms with Gasteiger partial charge in [0.2, 0.25) is 0 Å². The number of nitrogens with one attached hydrogen (secondary N) is 2. The zero-order chi connectivity index (χ0) is 15.4. The van der Waals surface area contributed by atoms with Crippen molar-refractivity contribution in [2.75, 3.05) is 10.6 Å². The Hall–Kier alpha value is -0.960. The third-order valence-electron chi connectivity index (χ3n) is 2.55. The van der Waals surface area contributed by atoms with Crippen LogP contribution in [-0.2, 0) is 6.61 Å². The lowest BCUT2D eigenvalue weighted by Crippen LogP contribution is -2.20. The molecule has 0 atom stereocenters. The van der Waals surface area contributed by atoms with Gasteiger partial charge >= 0.3 is 6.03 Å². The first-order valence-corrected chi connectivity index (χ1v) is 8.16.